The van der Waals surface area contributed by atoms with Gasteiger partial charge in [-0.25, -0.2) is 8.42 Å². The quantitative estimate of drug-likeness (QED) is 0.572. The number of nitrogens with one attached hydrogen (secondary N) is 1. The van der Waals surface area contributed by atoms with E-state index in [0.29, 0.717) is 12.1 Å². The molecule has 0 saturated heterocycles. The lowest BCUT2D eigenvalue weighted by atomic mass is 10.1. The first-order chi connectivity index (χ1) is 13.5. The molecule has 146 valence electrons. The Balaban J connectivity index is 1.52. The van der Waals surface area contributed by atoms with Gasteiger partial charge in [0, 0.05) is 25.0 Å². The molecular weight excluding hydrogens is 368 g/mol. The van der Waals surface area contributed by atoms with Gasteiger partial charge >= 0.3 is 0 Å². The predicted octanol–water partition coefficient (Wildman–Crippen LogP) is 4.70. The number of nitrogens with zero attached hydrogens (tertiary/aromatic N) is 1. The second-order valence-electron chi connectivity index (χ2n) is 6.90. The molecule has 0 aliphatic heterocycles. The zero-order chi connectivity index (χ0) is 19.8. The van der Waals surface area contributed by atoms with Crippen molar-refractivity contribution < 1.29 is 8.42 Å². The maximum absolute atomic E-state index is 12.3. The summed E-state index contributed by atoms with van der Waals surface area (Å²) >= 11 is 0. The van der Waals surface area contributed by atoms with Crippen molar-refractivity contribution >= 4 is 21.4 Å². The van der Waals surface area contributed by atoms with Crippen LogP contribution in [0.2, 0.25) is 0 Å². The Morgan fingerprint density at radius 1 is 0.786 bits per heavy atom. The molecule has 0 spiro atoms. The summed E-state index contributed by atoms with van der Waals surface area (Å²) in [5.41, 5.74) is 4.02. The summed E-state index contributed by atoms with van der Waals surface area (Å²) in [6.45, 7) is 0.797. The van der Waals surface area contributed by atoms with Crippen molar-refractivity contribution in [1.82, 2.24) is 0 Å². The van der Waals surface area contributed by atoms with Gasteiger partial charge in [-0.1, -0.05) is 60.7 Å². The third kappa shape index (κ3) is 6.13. The smallest absolute Gasteiger partial charge is 0.232 e. The number of hydrogen-bond donors (Lipinski definition) is 1. The fraction of sp³-hybridized carbons (Fsp3) is 0.217. The number of hydrogen-bond acceptors (Lipinski definition) is 3. The normalized spacial score (nSPS) is 11.2. The van der Waals surface area contributed by atoms with Gasteiger partial charge in [0.15, 0.2) is 0 Å². The predicted molar refractivity (Wildman–Crippen MR) is 117 cm³/mol. The minimum Gasteiger partial charge on any atom is -0.370 e. The van der Waals surface area contributed by atoms with E-state index >= 15 is 0 Å². The summed E-state index contributed by atoms with van der Waals surface area (Å²) in [4.78, 5) is 2.13. The Hall–Kier alpha value is -2.79. The average molecular weight is 395 g/mol. The number of aryl methyl sites for hydroxylation is 1. The highest BCUT2D eigenvalue weighted by Crippen LogP contribution is 2.20. The van der Waals surface area contributed by atoms with Crippen LogP contribution in [0.4, 0.5) is 11.4 Å². The van der Waals surface area contributed by atoms with Crippen LogP contribution in [-0.2, 0) is 23.0 Å². The van der Waals surface area contributed by atoms with Crippen molar-refractivity contribution in [2.45, 2.75) is 19.4 Å². The van der Waals surface area contributed by atoms with Crippen LogP contribution in [0, 0.1) is 0 Å². The van der Waals surface area contributed by atoms with Crippen molar-refractivity contribution in [3.63, 3.8) is 0 Å². The molecule has 4 nitrogen and oxygen atoms in total. The Kier molecular flexibility index (Phi) is 6.71. The van der Waals surface area contributed by atoms with E-state index in [4.69, 9.17) is 0 Å². The van der Waals surface area contributed by atoms with Crippen LogP contribution in [0.1, 0.15) is 17.5 Å². The van der Waals surface area contributed by atoms with Crippen LogP contribution in [0.25, 0.3) is 0 Å². The summed E-state index contributed by atoms with van der Waals surface area (Å²) < 4.78 is 27.3. The topological polar surface area (TPSA) is 49.4 Å². The Morgan fingerprint density at radius 3 is 1.96 bits per heavy atom. The number of rotatable bonds is 9. The van der Waals surface area contributed by atoms with Gasteiger partial charge in [-0.2, -0.15) is 0 Å². The monoisotopic (exact) mass is 394 g/mol. The van der Waals surface area contributed by atoms with E-state index < -0.39 is 10.0 Å². The molecule has 0 unspecified atom stereocenters. The molecule has 3 aromatic carbocycles. The Labute approximate surface area is 167 Å². The van der Waals surface area contributed by atoms with Crippen LogP contribution < -0.4 is 9.62 Å². The molecule has 0 aliphatic rings. The number of benzene rings is 3. The third-order valence-electron chi connectivity index (χ3n) is 4.57. The fourth-order valence-electron chi connectivity index (χ4n) is 3.07. The highest BCUT2D eigenvalue weighted by Gasteiger charge is 2.11. The van der Waals surface area contributed by atoms with Crippen LogP contribution >= 0.6 is 0 Å². The van der Waals surface area contributed by atoms with Crippen molar-refractivity contribution in [3.05, 3.63) is 96.1 Å². The SMILES string of the molecule is CN(Cc1ccccc1)c1ccc(NS(=O)(=O)CCCc2ccccc2)cc1. The zero-order valence-corrected chi connectivity index (χ0v) is 16.9. The Morgan fingerprint density at radius 2 is 1.36 bits per heavy atom. The summed E-state index contributed by atoms with van der Waals surface area (Å²) in [5, 5.41) is 0. The van der Waals surface area contributed by atoms with Gasteiger partial charge < -0.3 is 4.90 Å². The first-order valence-electron chi connectivity index (χ1n) is 9.41. The van der Waals surface area contributed by atoms with Crippen molar-refractivity contribution in [2.24, 2.45) is 0 Å². The lowest BCUT2D eigenvalue weighted by Gasteiger charge is -2.20. The van der Waals surface area contributed by atoms with E-state index in [-0.39, 0.29) is 5.75 Å². The van der Waals surface area contributed by atoms with E-state index in [0.717, 1.165) is 24.2 Å². The largest absolute Gasteiger partial charge is 0.370 e. The average Bonchev–Trinajstić information content (AvgIpc) is 2.69. The third-order valence-corrected chi connectivity index (χ3v) is 5.94. The standard InChI is InChI=1S/C23H26N2O2S/c1-25(19-21-11-6-3-7-12-21)23-16-14-22(15-17-23)24-28(26,27)18-8-13-20-9-4-2-5-10-20/h2-7,9-12,14-17,24H,8,13,18-19H2,1H3. The number of sulfonamides is 1. The summed E-state index contributed by atoms with van der Waals surface area (Å²) in [5.74, 6) is 0.109. The minimum atomic E-state index is -3.35. The molecule has 3 rings (SSSR count). The molecule has 5 heteroatoms. The molecule has 0 bridgehead atoms. The minimum absolute atomic E-state index is 0.109. The molecule has 0 fully saturated rings. The van der Waals surface area contributed by atoms with Crippen molar-refractivity contribution in [3.8, 4) is 0 Å². The van der Waals surface area contributed by atoms with Crippen molar-refractivity contribution in [1.29, 1.82) is 0 Å². The highest BCUT2D eigenvalue weighted by molar-refractivity contribution is 7.92. The van der Waals surface area contributed by atoms with Crippen LogP contribution in [0.3, 0.4) is 0 Å². The highest BCUT2D eigenvalue weighted by atomic mass is 32.2. The lowest BCUT2D eigenvalue weighted by molar-refractivity contribution is 0.598. The van der Waals surface area contributed by atoms with Crippen LogP contribution in [0.15, 0.2) is 84.9 Å². The van der Waals surface area contributed by atoms with E-state index in [1.807, 2.05) is 79.8 Å². The first kappa shape index (κ1) is 20.0. The van der Waals surface area contributed by atoms with E-state index in [1.165, 1.54) is 5.56 Å². The maximum Gasteiger partial charge on any atom is 0.232 e. The van der Waals surface area contributed by atoms with Gasteiger partial charge in [0.25, 0.3) is 0 Å². The Bertz CT molecular complexity index is 957. The summed E-state index contributed by atoms with van der Waals surface area (Å²) in [6, 6.07) is 27.7. The van der Waals surface area contributed by atoms with Crippen LogP contribution in [-0.4, -0.2) is 21.2 Å². The van der Waals surface area contributed by atoms with E-state index in [2.05, 4.69) is 21.8 Å². The first-order valence-corrected chi connectivity index (χ1v) is 11.1. The van der Waals surface area contributed by atoms with E-state index in [1.54, 1.807) is 0 Å². The van der Waals surface area contributed by atoms with Crippen LogP contribution in [0.5, 0.6) is 0 Å². The molecule has 0 heterocycles. The fourth-order valence-corrected chi connectivity index (χ4v) is 4.20. The summed E-state index contributed by atoms with van der Waals surface area (Å²) in [6.07, 6.45) is 1.35. The molecule has 0 aromatic heterocycles. The van der Waals surface area contributed by atoms with Gasteiger partial charge in [0.2, 0.25) is 10.0 Å². The van der Waals surface area contributed by atoms with Crippen molar-refractivity contribution in [2.75, 3.05) is 22.4 Å². The maximum atomic E-state index is 12.3. The van der Waals surface area contributed by atoms with Gasteiger partial charge in [-0.15, -0.1) is 0 Å². The second kappa shape index (κ2) is 9.42. The molecule has 3 aromatic rings. The molecule has 0 atom stereocenters. The molecule has 0 aliphatic carbocycles. The van der Waals surface area contributed by atoms with E-state index in [9.17, 15) is 8.42 Å². The molecule has 0 amide bonds. The molecule has 28 heavy (non-hydrogen) atoms. The molecule has 1 N–H and O–H groups in total. The van der Waals surface area contributed by atoms with Gasteiger partial charge in [-0.3, -0.25) is 4.72 Å². The van der Waals surface area contributed by atoms with Gasteiger partial charge in [-0.05, 0) is 48.2 Å². The summed E-state index contributed by atoms with van der Waals surface area (Å²) in [7, 11) is -1.33. The second-order valence-corrected chi connectivity index (χ2v) is 8.74. The number of anilines is 2. The van der Waals surface area contributed by atoms with Gasteiger partial charge in [0.1, 0.15) is 0 Å². The van der Waals surface area contributed by atoms with Gasteiger partial charge in [0.05, 0.1) is 5.75 Å². The molecular formula is C23H26N2O2S. The lowest BCUT2D eigenvalue weighted by Crippen LogP contribution is -2.18. The zero-order valence-electron chi connectivity index (χ0n) is 16.1. The molecule has 0 radical (unpaired) electrons. The molecule has 0 saturated carbocycles.